The van der Waals surface area contributed by atoms with E-state index < -0.39 is 6.04 Å². The van der Waals surface area contributed by atoms with Crippen molar-refractivity contribution in [2.75, 3.05) is 6.61 Å². The minimum atomic E-state index is -0.409. The Morgan fingerprint density at radius 1 is 1.47 bits per heavy atom. The first-order chi connectivity index (χ1) is 8.04. The third kappa shape index (κ3) is 4.15. The second-order valence-electron chi connectivity index (χ2n) is 3.92. The zero-order valence-electron chi connectivity index (χ0n) is 10.4. The first-order valence-electron chi connectivity index (χ1n) is 5.72. The van der Waals surface area contributed by atoms with Gasteiger partial charge in [-0.2, -0.15) is 0 Å². The van der Waals surface area contributed by atoms with E-state index in [1.165, 1.54) is 12.1 Å². The van der Waals surface area contributed by atoms with Crippen LogP contribution in [0.15, 0.2) is 24.3 Å². The molecule has 1 aromatic rings. The number of rotatable bonds is 5. The van der Waals surface area contributed by atoms with Gasteiger partial charge in [0.25, 0.3) is 0 Å². The Balaban J connectivity index is 2.60. The smallest absolute Gasteiger partial charge is 0.322 e. The number of benzene rings is 1. The molecule has 0 aliphatic rings. The van der Waals surface area contributed by atoms with Crippen LogP contribution in [0, 0.1) is 5.82 Å². The van der Waals surface area contributed by atoms with E-state index in [4.69, 9.17) is 4.74 Å². The van der Waals surface area contributed by atoms with Crippen LogP contribution < -0.4 is 5.32 Å². The fraction of sp³-hybridized carbons (Fsp3) is 0.462. The van der Waals surface area contributed by atoms with Crippen molar-refractivity contribution in [2.24, 2.45) is 0 Å². The Bertz CT molecular complexity index is 381. The van der Waals surface area contributed by atoms with Crippen LogP contribution in [0.4, 0.5) is 4.39 Å². The molecule has 0 bridgehead atoms. The molecule has 0 spiro atoms. The molecule has 2 atom stereocenters. The molecule has 0 saturated heterocycles. The number of hydrogen-bond acceptors (Lipinski definition) is 3. The number of nitrogens with one attached hydrogen (secondary N) is 1. The predicted molar refractivity (Wildman–Crippen MR) is 64.0 cm³/mol. The summed E-state index contributed by atoms with van der Waals surface area (Å²) in [6.07, 6.45) is 0. The van der Waals surface area contributed by atoms with Crippen LogP contribution in [-0.2, 0) is 9.53 Å². The average Bonchev–Trinajstić information content (AvgIpc) is 2.29. The summed E-state index contributed by atoms with van der Waals surface area (Å²) in [5, 5.41) is 3.07. The van der Waals surface area contributed by atoms with Gasteiger partial charge in [-0.3, -0.25) is 10.1 Å². The molecule has 3 nitrogen and oxygen atoms in total. The Kier molecular flexibility index (Phi) is 5.10. The molecule has 1 aromatic carbocycles. The van der Waals surface area contributed by atoms with Crippen LogP contribution in [-0.4, -0.2) is 18.6 Å². The summed E-state index contributed by atoms with van der Waals surface area (Å²) in [5.74, 6) is -0.573. The van der Waals surface area contributed by atoms with E-state index in [-0.39, 0.29) is 17.8 Å². The van der Waals surface area contributed by atoms with Gasteiger partial charge in [0.15, 0.2) is 0 Å². The maximum Gasteiger partial charge on any atom is 0.322 e. The van der Waals surface area contributed by atoms with Crippen molar-refractivity contribution in [1.82, 2.24) is 5.32 Å². The van der Waals surface area contributed by atoms with Crippen molar-refractivity contribution in [3.8, 4) is 0 Å². The number of esters is 1. The Morgan fingerprint density at radius 3 is 2.76 bits per heavy atom. The molecule has 4 heteroatoms. The highest BCUT2D eigenvalue weighted by atomic mass is 19.1. The van der Waals surface area contributed by atoms with Gasteiger partial charge in [0, 0.05) is 6.04 Å². The van der Waals surface area contributed by atoms with E-state index >= 15 is 0 Å². The van der Waals surface area contributed by atoms with Gasteiger partial charge in [0.05, 0.1) is 6.61 Å². The minimum absolute atomic E-state index is 0.106. The lowest BCUT2D eigenvalue weighted by Crippen LogP contribution is -2.37. The third-order valence-electron chi connectivity index (χ3n) is 2.49. The lowest BCUT2D eigenvalue weighted by atomic mass is 10.1. The maximum atomic E-state index is 13.0. The van der Waals surface area contributed by atoms with E-state index in [0.717, 1.165) is 5.56 Å². The summed E-state index contributed by atoms with van der Waals surface area (Å²) in [4.78, 5) is 11.4. The normalized spacial score (nSPS) is 14.1. The molecule has 0 aliphatic carbocycles. The molecule has 0 fully saturated rings. The number of halogens is 1. The largest absolute Gasteiger partial charge is 0.465 e. The highest BCUT2D eigenvalue weighted by Gasteiger charge is 2.17. The van der Waals surface area contributed by atoms with E-state index in [1.807, 2.05) is 13.0 Å². The van der Waals surface area contributed by atoms with E-state index in [9.17, 15) is 9.18 Å². The summed E-state index contributed by atoms with van der Waals surface area (Å²) in [6, 6.07) is 5.80. The van der Waals surface area contributed by atoms with Gasteiger partial charge in [-0.1, -0.05) is 12.1 Å². The quantitative estimate of drug-likeness (QED) is 0.802. The van der Waals surface area contributed by atoms with Crippen LogP contribution in [0.3, 0.4) is 0 Å². The first-order valence-corrected chi connectivity index (χ1v) is 5.72. The zero-order valence-corrected chi connectivity index (χ0v) is 10.4. The number of hydrogen-bond donors (Lipinski definition) is 1. The second-order valence-corrected chi connectivity index (χ2v) is 3.92. The fourth-order valence-corrected chi connectivity index (χ4v) is 1.58. The molecule has 0 saturated carbocycles. The molecule has 17 heavy (non-hydrogen) atoms. The summed E-state index contributed by atoms with van der Waals surface area (Å²) in [7, 11) is 0. The van der Waals surface area contributed by atoms with Crippen molar-refractivity contribution >= 4 is 5.97 Å². The summed E-state index contributed by atoms with van der Waals surface area (Å²) in [5.41, 5.74) is 0.807. The molecular weight excluding hydrogens is 221 g/mol. The summed E-state index contributed by atoms with van der Waals surface area (Å²) in [6.45, 7) is 5.73. The van der Waals surface area contributed by atoms with Gasteiger partial charge >= 0.3 is 5.97 Å². The molecule has 0 aliphatic heterocycles. The van der Waals surface area contributed by atoms with Crippen LogP contribution in [0.2, 0.25) is 0 Å². The molecule has 0 heterocycles. The molecule has 1 N–H and O–H groups in total. The average molecular weight is 239 g/mol. The molecule has 0 amide bonds. The van der Waals surface area contributed by atoms with Crippen molar-refractivity contribution in [3.05, 3.63) is 35.6 Å². The lowest BCUT2D eigenvalue weighted by Gasteiger charge is -2.19. The predicted octanol–water partition coefficient (Wildman–Crippen LogP) is 2.43. The Morgan fingerprint density at radius 2 is 2.18 bits per heavy atom. The molecule has 0 radical (unpaired) electrons. The number of ether oxygens (including phenoxy) is 1. The highest BCUT2D eigenvalue weighted by Crippen LogP contribution is 2.14. The topological polar surface area (TPSA) is 38.3 Å². The standard InChI is InChI=1S/C13H18FNO2/c1-4-17-13(16)10(3)15-9(2)11-6-5-7-12(14)8-11/h5-10,15H,4H2,1-3H3/t9-,10?/m1/s1. The zero-order chi connectivity index (χ0) is 12.8. The van der Waals surface area contributed by atoms with E-state index in [2.05, 4.69) is 5.32 Å². The molecule has 0 aromatic heterocycles. The SMILES string of the molecule is CCOC(=O)C(C)N[C@H](C)c1cccc(F)c1. The lowest BCUT2D eigenvalue weighted by molar-refractivity contribution is -0.145. The van der Waals surface area contributed by atoms with Gasteiger partial charge in [0.1, 0.15) is 11.9 Å². The van der Waals surface area contributed by atoms with Gasteiger partial charge in [0.2, 0.25) is 0 Å². The molecule has 1 rings (SSSR count). The third-order valence-corrected chi connectivity index (χ3v) is 2.49. The van der Waals surface area contributed by atoms with Crippen LogP contribution >= 0.6 is 0 Å². The van der Waals surface area contributed by atoms with Crippen molar-refractivity contribution < 1.29 is 13.9 Å². The summed E-state index contributed by atoms with van der Waals surface area (Å²) >= 11 is 0. The second kappa shape index (κ2) is 6.35. The minimum Gasteiger partial charge on any atom is -0.465 e. The summed E-state index contributed by atoms with van der Waals surface area (Å²) < 4.78 is 17.9. The van der Waals surface area contributed by atoms with Crippen molar-refractivity contribution in [2.45, 2.75) is 32.9 Å². The van der Waals surface area contributed by atoms with Gasteiger partial charge in [-0.15, -0.1) is 0 Å². The number of carbonyl (C=O) groups is 1. The molecule has 1 unspecified atom stereocenters. The van der Waals surface area contributed by atoms with Crippen LogP contribution in [0.1, 0.15) is 32.4 Å². The van der Waals surface area contributed by atoms with Gasteiger partial charge in [-0.25, -0.2) is 4.39 Å². The Labute approximate surface area is 101 Å². The van der Waals surface area contributed by atoms with E-state index in [0.29, 0.717) is 6.61 Å². The first kappa shape index (κ1) is 13.6. The Hall–Kier alpha value is -1.42. The van der Waals surface area contributed by atoms with E-state index in [1.54, 1.807) is 19.9 Å². The van der Waals surface area contributed by atoms with Crippen molar-refractivity contribution in [3.63, 3.8) is 0 Å². The van der Waals surface area contributed by atoms with Gasteiger partial charge in [-0.05, 0) is 38.5 Å². The fourth-order valence-electron chi connectivity index (χ4n) is 1.58. The number of carbonyl (C=O) groups excluding carboxylic acids is 1. The molecule has 94 valence electrons. The van der Waals surface area contributed by atoms with Crippen LogP contribution in [0.5, 0.6) is 0 Å². The monoisotopic (exact) mass is 239 g/mol. The van der Waals surface area contributed by atoms with Crippen molar-refractivity contribution in [1.29, 1.82) is 0 Å². The maximum absolute atomic E-state index is 13.0. The molecular formula is C13H18FNO2. The highest BCUT2D eigenvalue weighted by molar-refractivity contribution is 5.75. The van der Waals surface area contributed by atoms with Crippen LogP contribution in [0.25, 0.3) is 0 Å². The van der Waals surface area contributed by atoms with Gasteiger partial charge < -0.3 is 4.74 Å².